The lowest BCUT2D eigenvalue weighted by molar-refractivity contribution is 0.407. The van der Waals surface area contributed by atoms with E-state index in [9.17, 15) is 9.90 Å². The average Bonchev–Trinajstić information content (AvgIpc) is 2.49. The molecule has 1 atom stereocenters. The van der Waals surface area contributed by atoms with Crippen LogP contribution < -0.4 is 5.63 Å². The summed E-state index contributed by atoms with van der Waals surface area (Å²) in [6, 6.07) is 11.2. The highest BCUT2D eigenvalue weighted by Crippen LogP contribution is 2.31. The van der Waals surface area contributed by atoms with Crippen LogP contribution >= 0.6 is 0 Å². The Labute approximate surface area is 124 Å². The molecular weight excluding hydrogens is 264 g/mol. The lowest BCUT2D eigenvalue weighted by atomic mass is 9.89. The van der Waals surface area contributed by atoms with E-state index >= 15 is 0 Å². The highest BCUT2D eigenvalue weighted by Gasteiger charge is 2.21. The van der Waals surface area contributed by atoms with Gasteiger partial charge in [-0.1, -0.05) is 43.3 Å². The fourth-order valence-electron chi connectivity index (χ4n) is 2.52. The third-order valence-electron chi connectivity index (χ3n) is 3.57. The van der Waals surface area contributed by atoms with E-state index in [1.54, 1.807) is 12.1 Å². The largest absolute Gasteiger partial charge is 0.507 e. The number of aromatic hydroxyl groups is 1. The van der Waals surface area contributed by atoms with E-state index in [2.05, 4.69) is 6.58 Å². The number of benzene rings is 1. The molecule has 0 aliphatic rings. The van der Waals surface area contributed by atoms with Crippen LogP contribution in [0.25, 0.3) is 0 Å². The first-order valence-corrected chi connectivity index (χ1v) is 7.19. The molecule has 1 heterocycles. The fourth-order valence-corrected chi connectivity index (χ4v) is 2.52. The zero-order chi connectivity index (χ0) is 15.2. The van der Waals surface area contributed by atoms with Gasteiger partial charge < -0.3 is 9.52 Å². The van der Waals surface area contributed by atoms with Gasteiger partial charge in [-0.05, 0) is 18.4 Å². The summed E-state index contributed by atoms with van der Waals surface area (Å²) < 4.78 is 5.33. The monoisotopic (exact) mass is 284 g/mol. The van der Waals surface area contributed by atoms with Crippen LogP contribution in [-0.2, 0) is 6.42 Å². The molecule has 1 aromatic heterocycles. The van der Waals surface area contributed by atoms with Gasteiger partial charge in [0.05, 0.1) is 5.56 Å². The van der Waals surface area contributed by atoms with Crippen molar-refractivity contribution in [1.82, 2.24) is 0 Å². The van der Waals surface area contributed by atoms with Crippen LogP contribution in [-0.4, -0.2) is 5.11 Å². The van der Waals surface area contributed by atoms with Crippen molar-refractivity contribution in [1.29, 1.82) is 0 Å². The maximum atomic E-state index is 12.2. The third-order valence-corrected chi connectivity index (χ3v) is 3.57. The maximum Gasteiger partial charge on any atom is 0.343 e. The summed E-state index contributed by atoms with van der Waals surface area (Å²) >= 11 is 0. The number of rotatable bonds is 6. The van der Waals surface area contributed by atoms with Crippen LogP contribution in [0.2, 0.25) is 0 Å². The predicted octanol–water partition coefficient (Wildman–Crippen LogP) is 4.01. The van der Waals surface area contributed by atoms with Crippen molar-refractivity contribution >= 4 is 0 Å². The van der Waals surface area contributed by atoms with Crippen molar-refractivity contribution in [2.75, 3.05) is 0 Å². The molecule has 110 valence electrons. The summed E-state index contributed by atoms with van der Waals surface area (Å²) in [5.41, 5.74) is 0.886. The van der Waals surface area contributed by atoms with E-state index in [1.165, 1.54) is 0 Å². The van der Waals surface area contributed by atoms with Crippen molar-refractivity contribution in [2.45, 2.75) is 32.1 Å². The molecule has 3 heteroatoms. The van der Waals surface area contributed by atoms with E-state index in [4.69, 9.17) is 4.42 Å². The van der Waals surface area contributed by atoms with Crippen LogP contribution in [0.1, 0.15) is 42.6 Å². The normalized spacial score (nSPS) is 12.0. The number of hydrogen-bond acceptors (Lipinski definition) is 3. The second-order valence-corrected chi connectivity index (χ2v) is 5.00. The first-order chi connectivity index (χ1) is 10.2. The van der Waals surface area contributed by atoms with Crippen molar-refractivity contribution in [2.24, 2.45) is 0 Å². The minimum atomic E-state index is -0.454. The molecule has 2 rings (SSSR count). The molecular formula is C18H20O3. The summed E-state index contributed by atoms with van der Waals surface area (Å²) in [4.78, 5) is 12.2. The van der Waals surface area contributed by atoms with Gasteiger partial charge in [0.1, 0.15) is 11.5 Å². The quantitative estimate of drug-likeness (QED) is 0.815. The Morgan fingerprint density at radius 3 is 2.62 bits per heavy atom. The molecule has 0 saturated carbocycles. The molecule has 0 radical (unpaired) electrons. The molecule has 1 aromatic carbocycles. The molecule has 1 unspecified atom stereocenters. The summed E-state index contributed by atoms with van der Waals surface area (Å²) in [6.45, 7) is 5.63. The van der Waals surface area contributed by atoms with E-state index in [0.717, 1.165) is 5.56 Å². The van der Waals surface area contributed by atoms with E-state index in [0.29, 0.717) is 30.6 Å². The van der Waals surface area contributed by atoms with Crippen LogP contribution in [0, 0.1) is 0 Å². The molecule has 0 amide bonds. The summed E-state index contributed by atoms with van der Waals surface area (Å²) in [5, 5.41) is 10.2. The second kappa shape index (κ2) is 6.93. The van der Waals surface area contributed by atoms with Crippen LogP contribution in [0.15, 0.2) is 58.3 Å². The maximum absolute atomic E-state index is 12.2. The Morgan fingerprint density at radius 1 is 1.33 bits per heavy atom. The van der Waals surface area contributed by atoms with Gasteiger partial charge in [0.2, 0.25) is 0 Å². The summed E-state index contributed by atoms with van der Waals surface area (Å²) in [6.07, 6.45) is 3.74. The highest BCUT2D eigenvalue weighted by molar-refractivity contribution is 5.39. The van der Waals surface area contributed by atoms with Crippen molar-refractivity contribution in [3.05, 3.63) is 76.4 Å². The lowest BCUT2D eigenvalue weighted by Gasteiger charge is -2.16. The van der Waals surface area contributed by atoms with Crippen molar-refractivity contribution in [3.8, 4) is 5.75 Å². The topological polar surface area (TPSA) is 50.4 Å². The number of allylic oxidation sites excluding steroid dienone is 1. The SMILES string of the molecule is C=CCCc1cc(O)c(C(CC)c2ccccc2)c(=O)o1. The first kappa shape index (κ1) is 15.1. The summed E-state index contributed by atoms with van der Waals surface area (Å²) in [5.74, 6) is 0.348. The predicted molar refractivity (Wildman–Crippen MR) is 83.7 cm³/mol. The zero-order valence-electron chi connectivity index (χ0n) is 12.2. The molecule has 0 saturated heterocycles. The van der Waals surface area contributed by atoms with Gasteiger partial charge in [-0.25, -0.2) is 4.79 Å². The molecule has 0 aliphatic heterocycles. The third kappa shape index (κ3) is 3.43. The molecule has 3 nitrogen and oxygen atoms in total. The highest BCUT2D eigenvalue weighted by atomic mass is 16.4. The molecule has 0 bridgehead atoms. The Balaban J connectivity index is 2.43. The van der Waals surface area contributed by atoms with Gasteiger partial charge in [0.25, 0.3) is 0 Å². The molecule has 0 fully saturated rings. The minimum Gasteiger partial charge on any atom is -0.507 e. The minimum absolute atomic E-state index is 0.0148. The van der Waals surface area contributed by atoms with E-state index in [1.807, 2.05) is 37.3 Å². The zero-order valence-corrected chi connectivity index (χ0v) is 12.2. The van der Waals surface area contributed by atoms with Crippen LogP contribution in [0.4, 0.5) is 0 Å². The Kier molecular flexibility index (Phi) is 4.99. The molecule has 0 aliphatic carbocycles. The Bertz CT molecular complexity index is 656. The molecule has 21 heavy (non-hydrogen) atoms. The Hall–Kier alpha value is -2.29. The van der Waals surface area contributed by atoms with Gasteiger partial charge in [0.15, 0.2) is 0 Å². The van der Waals surface area contributed by atoms with E-state index in [-0.39, 0.29) is 11.7 Å². The molecule has 2 aromatic rings. The first-order valence-electron chi connectivity index (χ1n) is 7.19. The number of aryl methyl sites for hydroxylation is 1. The van der Waals surface area contributed by atoms with Crippen molar-refractivity contribution in [3.63, 3.8) is 0 Å². The Morgan fingerprint density at radius 2 is 2.05 bits per heavy atom. The van der Waals surface area contributed by atoms with Gasteiger partial charge >= 0.3 is 5.63 Å². The standard InChI is InChI=1S/C18H20O3/c1-3-5-11-14-12-16(19)17(18(20)21-14)15(4-2)13-9-7-6-8-10-13/h3,6-10,12,15,19H,1,4-5,11H2,2H3. The van der Waals surface area contributed by atoms with Gasteiger partial charge in [-0.3, -0.25) is 0 Å². The fraction of sp³-hybridized carbons (Fsp3) is 0.278. The number of hydrogen-bond donors (Lipinski definition) is 1. The van der Waals surface area contributed by atoms with Gasteiger partial charge in [-0.15, -0.1) is 6.58 Å². The van der Waals surface area contributed by atoms with Gasteiger partial charge in [-0.2, -0.15) is 0 Å². The average molecular weight is 284 g/mol. The van der Waals surface area contributed by atoms with Crippen molar-refractivity contribution < 1.29 is 9.52 Å². The van der Waals surface area contributed by atoms with Crippen LogP contribution in [0.3, 0.4) is 0 Å². The van der Waals surface area contributed by atoms with Crippen LogP contribution in [0.5, 0.6) is 5.75 Å². The summed E-state index contributed by atoms with van der Waals surface area (Å²) in [7, 11) is 0. The smallest absolute Gasteiger partial charge is 0.343 e. The second-order valence-electron chi connectivity index (χ2n) is 5.00. The van der Waals surface area contributed by atoms with Gasteiger partial charge in [0, 0.05) is 18.4 Å². The molecule has 0 spiro atoms. The molecule has 1 N–H and O–H groups in total. The van der Waals surface area contributed by atoms with E-state index < -0.39 is 5.63 Å². The lowest BCUT2D eigenvalue weighted by Crippen LogP contribution is -2.14.